The van der Waals surface area contributed by atoms with Crippen molar-refractivity contribution in [2.75, 3.05) is 66.5 Å². The molecular formula is C70H86N20. The van der Waals surface area contributed by atoms with E-state index in [1.165, 1.54) is 0 Å². The first-order chi connectivity index (χ1) is 43.6. The molecule has 0 unspecified atom stereocenters. The van der Waals surface area contributed by atoms with Crippen LogP contribution in [0.2, 0.25) is 0 Å². The molecule has 90 heavy (non-hydrogen) atoms. The first-order valence-corrected chi connectivity index (χ1v) is 28.9. The molecule has 7 aromatic rings. The average molecular weight is 1210 g/mol. The molecule has 0 amide bonds. The molecule has 0 radical (unpaired) electrons. The lowest BCUT2D eigenvalue weighted by Gasteiger charge is -2.11. The number of hydrogen-bond acceptors (Lipinski definition) is 10. The van der Waals surface area contributed by atoms with Gasteiger partial charge in [-0.3, -0.25) is 4.99 Å². The Balaban J connectivity index is 0.000000291. The van der Waals surface area contributed by atoms with Gasteiger partial charge in [0, 0.05) is 52.7 Å². The molecule has 1 aromatic heterocycles. The van der Waals surface area contributed by atoms with E-state index in [-0.39, 0.29) is 23.8 Å². The lowest BCUT2D eigenvalue weighted by Crippen LogP contribution is -2.26. The molecule has 20 nitrogen and oxygen atoms in total. The van der Waals surface area contributed by atoms with E-state index in [9.17, 15) is 0 Å². The normalized spacial score (nSPS) is 11.6. The fraction of sp³-hybridized carbons (Fsp3) is 0.143. The first kappa shape index (κ1) is 69.6. The fourth-order valence-corrected chi connectivity index (χ4v) is 8.83. The maximum absolute atomic E-state index is 5.67. The minimum atomic E-state index is 0.0410. The van der Waals surface area contributed by atoms with Crippen LogP contribution in [-0.2, 0) is 0 Å². The zero-order chi connectivity index (χ0) is 64.9. The first-order valence-electron chi connectivity index (χ1n) is 28.9. The molecule has 466 valence electrons. The molecule has 0 aliphatic heterocycles. The zero-order valence-corrected chi connectivity index (χ0v) is 51.2. The van der Waals surface area contributed by atoms with Crippen LogP contribution in [0.4, 0.5) is 0 Å². The van der Waals surface area contributed by atoms with E-state index in [0.717, 1.165) is 95.0 Å². The Bertz CT molecular complexity index is 3430. The van der Waals surface area contributed by atoms with Crippen LogP contribution in [-0.4, -0.2) is 106 Å². The van der Waals surface area contributed by atoms with E-state index >= 15 is 0 Å². The second-order valence-electron chi connectivity index (χ2n) is 19.7. The van der Waals surface area contributed by atoms with Gasteiger partial charge in [0.15, 0.2) is 23.8 Å². The van der Waals surface area contributed by atoms with E-state index in [2.05, 4.69) is 175 Å². The third-order valence-corrected chi connectivity index (χ3v) is 12.7. The zero-order valence-electron chi connectivity index (χ0n) is 51.2. The monoisotopic (exact) mass is 1210 g/mol. The Morgan fingerprint density at radius 1 is 0.367 bits per heavy atom. The van der Waals surface area contributed by atoms with Crippen LogP contribution >= 0.6 is 0 Å². The summed E-state index contributed by atoms with van der Waals surface area (Å²) in [4.78, 5) is 20.1. The van der Waals surface area contributed by atoms with Crippen LogP contribution in [0, 0.1) is 0 Å². The highest BCUT2D eigenvalue weighted by atomic mass is 15.4. The molecule has 0 bridgehead atoms. The second-order valence-corrected chi connectivity index (χ2v) is 19.7. The number of nitrogens with zero attached hydrogens (tertiary/aromatic N) is 7. The minimum absolute atomic E-state index is 0.0410. The summed E-state index contributed by atoms with van der Waals surface area (Å²) in [6.07, 6.45) is 35.1. The van der Waals surface area contributed by atoms with Gasteiger partial charge in [-0.15, -0.1) is 0 Å². The summed E-state index contributed by atoms with van der Waals surface area (Å²) in [6, 6.07) is 44.4. The maximum atomic E-state index is 5.67. The van der Waals surface area contributed by atoms with Crippen molar-refractivity contribution in [1.29, 1.82) is 0 Å². The molecule has 0 fully saturated rings. The van der Waals surface area contributed by atoms with E-state index in [4.69, 9.17) is 68.8 Å². The van der Waals surface area contributed by atoms with Gasteiger partial charge < -0.3 is 74.1 Å². The van der Waals surface area contributed by atoms with Crippen LogP contribution in [0.25, 0.3) is 93.1 Å². The van der Waals surface area contributed by atoms with Gasteiger partial charge >= 0.3 is 0 Å². The fourth-order valence-electron chi connectivity index (χ4n) is 8.83. The number of nitrogens with two attached hydrogens (primary N) is 12. The molecule has 0 atom stereocenters. The van der Waals surface area contributed by atoms with Crippen molar-refractivity contribution >= 4 is 78.4 Å². The molecule has 7 rings (SSSR count). The molecular weight excluding hydrogens is 1120 g/mol. The Kier molecular flexibility index (Phi) is 30.0. The van der Waals surface area contributed by atoms with E-state index in [0.29, 0.717) is 52.4 Å². The summed E-state index contributed by atoms with van der Waals surface area (Å²) in [5, 5.41) is 6.89. The molecule has 20 heteroatoms. The lowest BCUT2D eigenvalue weighted by molar-refractivity contribution is 0.875. The Morgan fingerprint density at radius 3 is 0.822 bits per heavy atom. The van der Waals surface area contributed by atoms with E-state index in [1.807, 2.05) is 98.3 Å². The summed E-state index contributed by atoms with van der Waals surface area (Å²) in [5.41, 5.74) is 83.5. The van der Waals surface area contributed by atoms with E-state index < -0.39 is 0 Å². The molecule has 0 aliphatic carbocycles. The SMILES string of the molecule is CN=C(NC)n1cccn1.NC(N)=NC/C=C/c1cc(/C=C/CN=C(N)N)cc(-c2cccc(-c3cc(/C=C/CN=C(N)N)cc(/C=C/CN=C(N)N)c3)c2)c1.NC/C=C/c1cc(/C=C/CN)cc(-c2cccc(-c3cc(/C=C/CN)cc(/C=C/CN)c3)c2)c1. The molecule has 0 saturated heterocycles. The Hall–Kier alpha value is -11.2. The van der Waals surface area contributed by atoms with Crippen molar-refractivity contribution in [3.05, 3.63) is 233 Å². The van der Waals surface area contributed by atoms with Crippen LogP contribution in [0.1, 0.15) is 44.5 Å². The number of aliphatic imine (C=N–C) groups is 5. The highest BCUT2D eigenvalue weighted by Gasteiger charge is 2.09. The van der Waals surface area contributed by atoms with Gasteiger partial charge in [-0.1, -0.05) is 134 Å². The van der Waals surface area contributed by atoms with Gasteiger partial charge in [-0.25, -0.2) is 24.7 Å². The van der Waals surface area contributed by atoms with Gasteiger partial charge in [-0.2, -0.15) is 5.10 Å². The summed E-state index contributed by atoms with van der Waals surface area (Å²) >= 11 is 0. The standard InChI is InChI=1S/C34H42N12.C30H34N4.C6H10N4/c35-31(36)43-12-2-6-23-16-24(7-3-13-44-32(37)38)19-29(18-23)27-10-1-11-28(22-27)30-20-25(8-4-14-45-33(39)40)17-26(21-30)9-5-15-46-34(41)42;31-12-2-6-23-16-24(7-3-13-32)19-29(18-23)27-10-1-11-28(22-27)30-20-25(8-4-14-33)17-26(21-30)9-5-15-34;1-7-6(8-2)10-5-3-4-9-10/h1-11,16-22H,12-15H2,(H4,35,36,43)(H4,37,38,44)(H4,39,40,45)(H4,41,42,46);1-11,16-22H,12-15,31-34H2;3-5H,1-2H3,(H,7,8)/b2*6-2+,7-3+,8-4+,9-5+;. The third-order valence-electron chi connectivity index (χ3n) is 12.7. The van der Waals surface area contributed by atoms with Crippen molar-refractivity contribution < 1.29 is 0 Å². The Morgan fingerprint density at radius 2 is 0.622 bits per heavy atom. The van der Waals surface area contributed by atoms with Crippen molar-refractivity contribution in [1.82, 2.24) is 15.1 Å². The second kappa shape index (κ2) is 38.8. The van der Waals surface area contributed by atoms with Crippen LogP contribution < -0.4 is 74.1 Å². The number of guanidine groups is 4. The van der Waals surface area contributed by atoms with Crippen molar-refractivity contribution in [2.45, 2.75) is 0 Å². The van der Waals surface area contributed by atoms with Gasteiger partial charge in [0.2, 0.25) is 5.96 Å². The third kappa shape index (κ3) is 25.4. The number of nitrogens with one attached hydrogen (secondary N) is 1. The summed E-state index contributed by atoms with van der Waals surface area (Å²) in [6.45, 7) is 3.50. The van der Waals surface area contributed by atoms with Crippen molar-refractivity contribution in [3.8, 4) is 44.5 Å². The lowest BCUT2D eigenvalue weighted by atomic mass is 9.94. The molecule has 6 aromatic carbocycles. The molecule has 25 N–H and O–H groups in total. The predicted octanol–water partition coefficient (Wildman–Crippen LogP) is 7.01. The largest absolute Gasteiger partial charge is 0.370 e. The predicted molar refractivity (Wildman–Crippen MR) is 386 cm³/mol. The van der Waals surface area contributed by atoms with Crippen molar-refractivity contribution in [3.63, 3.8) is 0 Å². The number of rotatable bonds is 24. The van der Waals surface area contributed by atoms with Crippen LogP contribution in [0.5, 0.6) is 0 Å². The highest BCUT2D eigenvalue weighted by molar-refractivity contribution is 5.83. The summed E-state index contributed by atoms with van der Waals surface area (Å²) in [7, 11) is 3.53. The summed E-state index contributed by atoms with van der Waals surface area (Å²) < 4.78 is 1.67. The van der Waals surface area contributed by atoms with Gasteiger partial charge in [-0.05, 0) is 180 Å². The summed E-state index contributed by atoms with van der Waals surface area (Å²) in [5.74, 6) is 0.905. The topological polar surface area (TPSA) is 404 Å². The average Bonchev–Trinajstić information content (AvgIpc) is 1.78. The number of aromatic nitrogens is 2. The van der Waals surface area contributed by atoms with Gasteiger partial charge in [0.25, 0.3) is 0 Å². The van der Waals surface area contributed by atoms with Crippen LogP contribution in [0.3, 0.4) is 0 Å². The Labute approximate surface area is 528 Å². The molecule has 0 aliphatic rings. The molecule has 0 saturated carbocycles. The van der Waals surface area contributed by atoms with Crippen molar-refractivity contribution in [2.24, 2.45) is 93.8 Å². The minimum Gasteiger partial charge on any atom is -0.370 e. The highest BCUT2D eigenvalue weighted by Crippen LogP contribution is 2.32. The van der Waals surface area contributed by atoms with Crippen LogP contribution in [0.15, 0.2) is 213 Å². The van der Waals surface area contributed by atoms with E-state index in [1.54, 1.807) is 17.9 Å². The van der Waals surface area contributed by atoms with Gasteiger partial charge in [0.1, 0.15) is 0 Å². The molecule has 0 spiro atoms. The number of hydrogen-bond donors (Lipinski definition) is 13. The van der Waals surface area contributed by atoms with Gasteiger partial charge in [0.05, 0.1) is 26.2 Å². The quantitative estimate of drug-likeness (QED) is 0.0214. The maximum Gasteiger partial charge on any atom is 0.218 e. The number of benzene rings is 6. The molecule has 1 heterocycles. The smallest absolute Gasteiger partial charge is 0.218 e.